The van der Waals surface area contributed by atoms with E-state index in [1.165, 1.54) is 25.1 Å². The minimum Gasteiger partial charge on any atom is -0.390 e. The second-order valence-corrected chi connectivity index (χ2v) is 4.73. The minimum atomic E-state index is -1.35. The van der Waals surface area contributed by atoms with Gasteiger partial charge in [-0.2, -0.15) is 0 Å². The van der Waals surface area contributed by atoms with Crippen molar-refractivity contribution in [3.05, 3.63) is 34.9 Å². The molecule has 7 heteroatoms. The first-order chi connectivity index (χ1) is 9.91. The van der Waals surface area contributed by atoms with E-state index in [1.54, 1.807) is 0 Å². The van der Waals surface area contributed by atoms with Crippen molar-refractivity contribution >= 4 is 17.8 Å². The highest BCUT2D eigenvalue weighted by Crippen LogP contribution is 2.29. The van der Waals surface area contributed by atoms with Crippen LogP contribution in [0.2, 0.25) is 0 Å². The topological polar surface area (TPSA) is 113 Å². The van der Waals surface area contributed by atoms with Crippen LogP contribution in [0, 0.1) is 0 Å². The molecule has 112 valence electrons. The third-order valence-corrected chi connectivity index (χ3v) is 3.20. The lowest BCUT2D eigenvalue weighted by atomic mass is 9.94. The van der Waals surface area contributed by atoms with Crippen LogP contribution in [0.4, 0.5) is 0 Å². The summed E-state index contributed by atoms with van der Waals surface area (Å²) in [5, 5.41) is 22.6. The highest BCUT2D eigenvalue weighted by Gasteiger charge is 2.35. The van der Waals surface area contributed by atoms with Crippen LogP contribution < -0.4 is 5.32 Å². The van der Waals surface area contributed by atoms with Gasteiger partial charge in [0.25, 0.3) is 0 Å². The van der Waals surface area contributed by atoms with Crippen molar-refractivity contribution in [2.75, 3.05) is 6.54 Å². The molecule has 1 aromatic rings. The third kappa shape index (κ3) is 3.09. The van der Waals surface area contributed by atoms with Crippen molar-refractivity contribution in [3.63, 3.8) is 0 Å². The van der Waals surface area contributed by atoms with Crippen molar-refractivity contribution in [3.8, 4) is 0 Å². The molecule has 0 fully saturated rings. The largest absolute Gasteiger partial charge is 0.390 e. The summed E-state index contributed by atoms with van der Waals surface area (Å²) < 4.78 is 4.49. The Kier molecular flexibility index (Phi) is 4.35. The van der Waals surface area contributed by atoms with Gasteiger partial charge in [0.05, 0.1) is 17.2 Å². The summed E-state index contributed by atoms with van der Waals surface area (Å²) >= 11 is 0. The molecular weight excluding hydrogens is 278 g/mol. The van der Waals surface area contributed by atoms with Crippen molar-refractivity contribution < 1.29 is 29.3 Å². The van der Waals surface area contributed by atoms with Gasteiger partial charge in [-0.05, 0) is 18.1 Å². The van der Waals surface area contributed by atoms with Gasteiger partial charge in [0.2, 0.25) is 5.91 Å². The molecule has 0 spiro atoms. The molecule has 2 atom stereocenters. The molecule has 0 aliphatic carbocycles. The molecule has 2 unspecified atom stereocenters. The lowest BCUT2D eigenvalue weighted by Gasteiger charge is -2.19. The fourth-order valence-electron chi connectivity index (χ4n) is 2.17. The summed E-state index contributed by atoms with van der Waals surface area (Å²) in [5.74, 6) is -1.85. The molecule has 0 saturated heterocycles. The molecule has 1 aliphatic rings. The Morgan fingerprint density at radius 2 is 2.00 bits per heavy atom. The zero-order chi connectivity index (χ0) is 15.6. The number of nitrogens with one attached hydrogen (secondary N) is 1. The van der Waals surface area contributed by atoms with Crippen LogP contribution in [0.15, 0.2) is 18.2 Å². The predicted octanol–water partition coefficient (Wildman–Crippen LogP) is -0.0823. The zero-order valence-electron chi connectivity index (χ0n) is 11.3. The maximum atomic E-state index is 11.6. The maximum absolute atomic E-state index is 11.6. The van der Waals surface area contributed by atoms with Gasteiger partial charge in [0, 0.05) is 13.5 Å². The number of esters is 2. The number of carbonyl (C=O) groups is 3. The van der Waals surface area contributed by atoms with Crippen LogP contribution in [0.1, 0.15) is 45.7 Å². The second kappa shape index (κ2) is 6.02. The SMILES string of the molecule is CC(=O)NCCC(O)C(O)c1cccc2c1C(=O)OC2=O. The Morgan fingerprint density at radius 1 is 1.29 bits per heavy atom. The number of aliphatic hydroxyl groups excluding tert-OH is 2. The van der Waals surface area contributed by atoms with E-state index >= 15 is 0 Å². The normalized spacial score (nSPS) is 16.1. The van der Waals surface area contributed by atoms with Crippen molar-refractivity contribution in [1.82, 2.24) is 5.32 Å². The zero-order valence-corrected chi connectivity index (χ0v) is 11.3. The van der Waals surface area contributed by atoms with Crippen molar-refractivity contribution in [2.45, 2.75) is 25.6 Å². The van der Waals surface area contributed by atoms with Gasteiger partial charge < -0.3 is 20.3 Å². The average molecular weight is 293 g/mol. The summed E-state index contributed by atoms with van der Waals surface area (Å²) in [6, 6.07) is 4.37. The molecule has 7 nitrogen and oxygen atoms in total. The summed E-state index contributed by atoms with van der Waals surface area (Å²) in [6.07, 6.45) is -2.44. The van der Waals surface area contributed by atoms with Crippen LogP contribution in [0.3, 0.4) is 0 Å². The molecule has 3 N–H and O–H groups in total. The quantitative estimate of drug-likeness (QED) is 0.517. The molecule has 2 rings (SSSR count). The maximum Gasteiger partial charge on any atom is 0.347 e. The molecule has 1 aromatic carbocycles. The summed E-state index contributed by atoms with van der Waals surface area (Å²) in [4.78, 5) is 33.8. The summed E-state index contributed by atoms with van der Waals surface area (Å²) in [6.45, 7) is 1.53. The fourth-order valence-corrected chi connectivity index (χ4v) is 2.17. The van der Waals surface area contributed by atoms with E-state index in [0.717, 1.165) is 0 Å². The molecule has 0 saturated carbocycles. The highest BCUT2D eigenvalue weighted by molar-refractivity contribution is 6.15. The van der Waals surface area contributed by atoms with Gasteiger partial charge in [-0.1, -0.05) is 12.1 Å². The number of rotatable bonds is 5. The van der Waals surface area contributed by atoms with E-state index in [0.29, 0.717) is 0 Å². The van der Waals surface area contributed by atoms with E-state index in [-0.39, 0.29) is 35.6 Å². The van der Waals surface area contributed by atoms with E-state index in [1.807, 2.05) is 0 Å². The minimum absolute atomic E-state index is 0.0198. The number of cyclic esters (lactones) is 2. The molecule has 1 amide bonds. The van der Waals surface area contributed by atoms with Gasteiger partial charge in [-0.15, -0.1) is 0 Å². The standard InChI is InChI=1S/C14H15NO6/c1-7(16)15-6-5-10(17)12(18)8-3-2-4-9-11(8)14(20)21-13(9)19/h2-4,10,12,17-18H,5-6H2,1H3,(H,15,16). The second-order valence-electron chi connectivity index (χ2n) is 4.73. The Labute approximate surface area is 120 Å². The fraction of sp³-hybridized carbons (Fsp3) is 0.357. The number of amides is 1. The van der Waals surface area contributed by atoms with E-state index in [2.05, 4.69) is 10.1 Å². The van der Waals surface area contributed by atoms with E-state index in [9.17, 15) is 24.6 Å². The number of hydrogen-bond donors (Lipinski definition) is 3. The molecule has 0 radical (unpaired) electrons. The number of aliphatic hydroxyl groups is 2. The predicted molar refractivity (Wildman–Crippen MR) is 70.5 cm³/mol. The van der Waals surface area contributed by atoms with Gasteiger partial charge in [0.1, 0.15) is 6.10 Å². The number of benzene rings is 1. The van der Waals surface area contributed by atoms with Gasteiger partial charge in [-0.25, -0.2) is 9.59 Å². The van der Waals surface area contributed by atoms with Gasteiger partial charge in [-0.3, -0.25) is 4.79 Å². The monoisotopic (exact) mass is 293 g/mol. The Hall–Kier alpha value is -2.25. The van der Waals surface area contributed by atoms with Crippen molar-refractivity contribution in [1.29, 1.82) is 0 Å². The molecule has 0 aromatic heterocycles. The molecule has 1 heterocycles. The van der Waals surface area contributed by atoms with Gasteiger partial charge in [0.15, 0.2) is 0 Å². The number of carbonyl (C=O) groups excluding carboxylic acids is 3. The van der Waals surface area contributed by atoms with E-state index in [4.69, 9.17) is 0 Å². The Balaban J connectivity index is 2.17. The Morgan fingerprint density at radius 3 is 2.67 bits per heavy atom. The third-order valence-electron chi connectivity index (χ3n) is 3.20. The number of hydrogen-bond acceptors (Lipinski definition) is 6. The van der Waals surface area contributed by atoms with Crippen LogP contribution in [0.25, 0.3) is 0 Å². The summed E-state index contributed by atoms with van der Waals surface area (Å²) in [5.41, 5.74) is 0.192. The number of fused-ring (bicyclic) bond motifs is 1. The average Bonchev–Trinajstić information content (AvgIpc) is 2.73. The first-order valence-electron chi connectivity index (χ1n) is 6.41. The molecule has 1 aliphatic heterocycles. The van der Waals surface area contributed by atoms with Crippen molar-refractivity contribution in [2.24, 2.45) is 0 Å². The number of ether oxygens (including phenoxy) is 1. The Bertz CT molecular complexity index is 597. The highest BCUT2D eigenvalue weighted by atomic mass is 16.6. The lowest BCUT2D eigenvalue weighted by molar-refractivity contribution is -0.119. The van der Waals surface area contributed by atoms with E-state index < -0.39 is 24.1 Å². The summed E-state index contributed by atoms with van der Waals surface area (Å²) in [7, 11) is 0. The van der Waals surface area contributed by atoms with Crippen LogP contribution in [-0.2, 0) is 9.53 Å². The van der Waals surface area contributed by atoms with Crippen LogP contribution in [0.5, 0.6) is 0 Å². The first kappa shape index (κ1) is 15.1. The molecule has 0 bridgehead atoms. The van der Waals surface area contributed by atoms with Gasteiger partial charge >= 0.3 is 11.9 Å². The lowest BCUT2D eigenvalue weighted by Crippen LogP contribution is -2.28. The first-order valence-corrected chi connectivity index (χ1v) is 6.41. The van der Waals surface area contributed by atoms with Crippen LogP contribution >= 0.6 is 0 Å². The smallest absolute Gasteiger partial charge is 0.347 e. The molecular formula is C14H15NO6. The van der Waals surface area contributed by atoms with Crippen LogP contribution in [-0.4, -0.2) is 40.7 Å². The molecule has 21 heavy (non-hydrogen) atoms.